The molecule has 4 nitrogen and oxygen atoms in total. The third kappa shape index (κ3) is 2.97. The van der Waals surface area contributed by atoms with Gasteiger partial charge in [0.05, 0.1) is 12.0 Å². The number of benzene rings is 1. The maximum atomic E-state index is 12.2. The lowest BCUT2D eigenvalue weighted by atomic mass is 9.87. The molecule has 0 heterocycles. The van der Waals surface area contributed by atoms with Gasteiger partial charge in [0.15, 0.2) is 0 Å². The Labute approximate surface area is 126 Å². The highest BCUT2D eigenvalue weighted by atomic mass is 16.7. The molecule has 0 saturated heterocycles. The summed E-state index contributed by atoms with van der Waals surface area (Å²) in [4.78, 5) is 14.2. The van der Waals surface area contributed by atoms with Crippen molar-refractivity contribution in [2.75, 3.05) is 14.1 Å². The summed E-state index contributed by atoms with van der Waals surface area (Å²) in [6, 6.07) is 9.47. The summed E-state index contributed by atoms with van der Waals surface area (Å²) in [5.41, 5.74) is 0.412. The predicted molar refractivity (Wildman–Crippen MR) is 81.7 cm³/mol. The lowest BCUT2D eigenvalue weighted by molar-refractivity contribution is -0.249. The fraction of sp³-hybridized carbons (Fsp3) is 0.588. The van der Waals surface area contributed by atoms with Gasteiger partial charge in [0.1, 0.15) is 0 Å². The molecule has 4 heteroatoms. The Balaban J connectivity index is 2.11. The standard InChI is InChI=1S/C17H25NO3/c1-4-16(18(2)3)11-8-12-17(16,20)21-15(19)13-14-9-6-5-7-10-14/h5-7,9-10,20H,4,8,11-13H2,1-3H3. The molecule has 116 valence electrons. The number of hydrogen-bond acceptors (Lipinski definition) is 4. The van der Waals surface area contributed by atoms with E-state index in [1.807, 2.05) is 56.3 Å². The molecule has 0 bridgehead atoms. The second-order valence-corrected chi connectivity index (χ2v) is 6.05. The summed E-state index contributed by atoms with van der Waals surface area (Å²) in [7, 11) is 3.87. The molecule has 1 N–H and O–H groups in total. The maximum Gasteiger partial charge on any atom is 0.312 e. The second kappa shape index (κ2) is 6.16. The van der Waals surface area contributed by atoms with Crippen LogP contribution >= 0.6 is 0 Å². The zero-order valence-electron chi connectivity index (χ0n) is 13.1. The first-order valence-corrected chi connectivity index (χ1v) is 7.59. The van der Waals surface area contributed by atoms with Crippen LogP contribution in [-0.4, -0.2) is 41.4 Å². The number of nitrogens with zero attached hydrogens (tertiary/aromatic N) is 1. The fourth-order valence-corrected chi connectivity index (χ4v) is 3.52. The number of likely N-dealkylation sites (N-methyl/N-ethyl adjacent to an activating group) is 1. The van der Waals surface area contributed by atoms with E-state index in [-0.39, 0.29) is 12.4 Å². The Hall–Kier alpha value is -1.39. The molecule has 0 amide bonds. The van der Waals surface area contributed by atoms with E-state index in [1.54, 1.807) is 0 Å². The van der Waals surface area contributed by atoms with Crippen molar-refractivity contribution >= 4 is 5.97 Å². The van der Waals surface area contributed by atoms with E-state index < -0.39 is 11.3 Å². The SMILES string of the molecule is CCC1(N(C)C)CCCC1(O)OC(=O)Cc1ccccc1. The van der Waals surface area contributed by atoms with E-state index in [0.29, 0.717) is 6.42 Å². The molecule has 1 aromatic rings. The van der Waals surface area contributed by atoms with Crippen LogP contribution < -0.4 is 0 Å². The lowest BCUT2D eigenvalue weighted by Crippen LogP contribution is -2.60. The average Bonchev–Trinajstić information content (AvgIpc) is 2.77. The van der Waals surface area contributed by atoms with Crippen LogP contribution in [0.5, 0.6) is 0 Å². The molecule has 1 fully saturated rings. The second-order valence-electron chi connectivity index (χ2n) is 6.05. The number of aliphatic hydroxyl groups is 1. The van der Waals surface area contributed by atoms with E-state index >= 15 is 0 Å². The summed E-state index contributed by atoms with van der Waals surface area (Å²) in [6.45, 7) is 2.03. The smallest absolute Gasteiger partial charge is 0.312 e. The van der Waals surface area contributed by atoms with Crippen molar-refractivity contribution in [3.63, 3.8) is 0 Å². The third-order valence-electron chi connectivity index (χ3n) is 4.75. The predicted octanol–water partition coefficient (Wildman–Crippen LogP) is 2.36. The molecule has 0 aliphatic heterocycles. The van der Waals surface area contributed by atoms with Crippen LogP contribution in [0.15, 0.2) is 30.3 Å². The van der Waals surface area contributed by atoms with Gasteiger partial charge in [0.25, 0.3) is 0 Å². The van der Waals surface area contributed by atoms with Crippen LogP contribution in [0, 0.1) is 0 Å². The topological polar surface area (TPSA) is 49.8 Å². The molecule has 1 aromatic carbocycles. The Kier molecular flexibility index (Phi) is 4.69. The van der Waals surface area contributed by atoms with E-state index in [2.05, 4.69) is 0 Å². The van der Waals surface area contributed by atoms with Gasteiger partial charge in [-0.1, -0.05) is 37.3 Å². The first-order chi connectivity index (χ1) is 9.93. The molecule has 0 aromatic heterocycles. The molecule has 1 aliphatic rings. The number of ether oxygens (including phenoxy) is 1. The van der Waals surface area contributed by atoms with Gasteiger partial charge >= 0.3 is 5.97 Å². The molecule has 0 radical (unpaired) electrons. The van der Waals surface area contributed by atoms with Crippen LogP contribution in [0.2, 0.25) is 0 Å². The van der Waals surface area contributed by atoms with Gasteiger partial charge in [-0.15, -0.1) is 0 Å². The highest BCUT2D eigenvalue weighted by Gasteiger charge is 2.57. The van der Waals surface area contributed by atoms with Gasteiger partial charge in [0.2, 0.25) is 5.79 Å². The number of carbonyl (C=O) groups excluding carboxylic acids is 1. The molecule has 2 unspecified atom stereocenters. The molecular weight excluding hydrogens is 266 g/mol. The van der Waals surface area contributed by atoms with Crippen molar-refractivity contribution in [1.29, 1.82) is 0 Å². The quantitative estimate of drug-likeness (QED) is 0.668. The molecule has 0 spiro atoms. The van der Waals surface area contributed by atoms with Gasteiger partial charge < -0.3 is 9.84 Å². The Morgan fingerprint density at radius 3 is 2.52 bits per heavy atom. The van der Waals surface area contributed by atoms with Crippen LogP contribution in [0.4, 0.5) is 0 Å². The molecular formula is C17H25NO3. The molecule has 21 heavy (non-hydrogen) atoms. The third-order valence-corrected chi connectivity index (χ3v) is 4.75. The van der Waals surface area contributed by atoms with Crippen molar-refractivity contribution in [1.82, 2.24) is 4.90 Å². The van der Waals surface area contributed by atoms with Crippen molar-refractivity contribution in [3.8, 4) is 0 Å². The van der Waals surface area contributed by atoms with E-state index in [9.17, 15) is 9.90 Å². The van der Waals surface area contributed by atoms with Crippen molar-refractivity contribution in [2.45, 2.75) is 50.4 Å². The number of esters is 1. The maximum absolute atomic E-state index is 12.2. The Morgan fingerprint density at radius 1 is 1.29 bits per heavy atom. The minimum atomic E-state index is -1.39. The highest BCUT2D eigenvalue weighted by molar-refractivity contribution is 5.73. The van der Waals surface area contributed by atoms with E-state index in [0.717, 1.165) is 24.8 Å². The van der Waals surface area contributed by atoms with Crippen molar-refractivity contribution in [2.24, 2.45) is 0 Å². The summed E-state index contributed by atoms with van der Waals surface area (Å²) in [5, 5.41) is 10.9. The van der Waals surface area contributed by atoms with Crippen LogP contribution in [0.25, 0.3) is 0 Å². The number of hydrogen-bond donors (Lipinski definition) is 1. The van der Waals surface area contributed by atoms with E-state index in [4.69, 9.17) is 4.74 Å². The minimum Gasteiger partial charge on any atom is -0.431 e. The molecule has 1 saturated carbocycles. The van der Waals surface area contributed by atoms with Gasteiger partial charge in [-0.3, -0.25) is 9.69 Å². The first kappa shape index (κ1) is 16.0. The van der Waals surface area contributed by atoms with Crippen molar-refractivity contribution in [3.05, 3.63) is 35.9 Å². The average molecular weight is 291 g/mol. The monoisotopic (exact) mass is 291 g/mol. The van der Waals surface area contributed by atoms with Gasteiger partial charge in [-0.2, -0.15) is 0 Å². The van der Waals surface area contributed by atoms with Crippen molar-refractivity contribution < 1.29 is 14.6 Å². The first-order valence-electron chi connectivity index (χ1n) is 7.59. The molecule has 2 atom stereocenters. The summed E-state index contributed by atoms with van der Waals surface area (Å²) >= 11 is 0. The summed E-state index contributed by atoms with van der Waals surface area (Å²) in [5.74, 6) is -1.76. The Bertz CT molecular complexity index is 488. The summed E-state index contributed by atoms with van der Waals surface area (Å²) in [6.07, 6.45) is 3.14. The highest BCUT2D eigenvalue weighted by Crippen LogP contribution is 2.45. The zero-order chi connectivity index (χ0) is 15.5. The number of rotatable bonds is 5. The van der Waals surface area contributed by atoms with Gasteiger partial charge in [-0.25, -0.2) is 0 Å². The molecule has 2 rings (SSSR count). The summed E-state index contributed by atoms with van der Waals surface area (Å²) < 4.78 is 5.55. The van der Waals surface area contributed by atoms with Gasteiger partial charge in [0, 0.05) is 6.42 Å². The van der Waals surface area contributed by atoms with Crippen LogP contribution in [-0.2, 0) is 16.0 Å². The zero-order valence-corrected chi connectivity index (χ0v) is 13.1. The van der Waals surface area contributed by atoms with Gasteiger partial charge in [-0.05, 0) is 38.9 Å². The lowest BCUT2D eigenvalue weighted by Gasteiger charge is -2.45. The van der Waals surface area contributed by atoms with Crippen LogP contribution in [0.1, 0.15) is 38.2 Å². The molecule has 1 aliphatic carbocycles. The minimum absolute atomic E-state index is 0.191. The number of carbonyl (C=O) groups is 1. The van der Waals surface area contributed by atoms with E-state index in [1.165, 1.54) is 0 Å². The largest absolute Gasteiger partial charge is 0.431 e. The fourth-order valence-electron chi connectivity index (χ4n) is 3.52. The Morgan fingerprint density at radius 2 is 1.95 bits per heavy atom. The normalized spacial score (nSPS) is 28.8. The van der Waals surface area contributed by atoms with Crippen LogP contribution in [0.3, 0.4) is 0 Å².